The van der Waals surface area contributed by atoms with Crippen molar-refractivity contribution in [1.82, 2.24) is 4.98 Å². The maximum Gasteiger partial charge on any atom is 0.361 e. The number of nitrogens with zero attached hydrogens (tertiary/aromatic N) is 2. The molecule has 1 aromatic heterocycles. The zero-order valence-corrected chi connectivity index (χ0v) is 11.1. The Morgan fingerprint density at radius 3 is 3.06 bits per heavy atom. The second-order valence-electron chi connectivity index (χ2n) is 5.24. The molecule has 18 heavy (non-hydrogen) atoms. The van der Waals surface area contributed by atoms with E-state index in [4.69, 9.17) is 4.74 Å². The number of ether oxygens (including phenoxy) is 1. The van der Waals surface area contributed by atoms with Gasteiger partial charge < -0.3 is 9.22 Å². The van der Waals surface area contributed by atoms with Crippen LogP contribution in [0.25, 0.3) is 0 Å². The number of esters is 1. The van der Waals surface area contributed by atoms with Crippen molar-refractivity contribution in [2.75, 3.05) is 27.2 Å². The number of quaternary nitrogens is 1. The number of rotatable bonds is 3. The number of piperidine rings is 1. The summed E-state index contributed by atoms with van der Waals surface area (Å²) in [7, 11) is 3.60. The number of aromatic nitrogens is 1. The minimum Gasteiger partial charge on any atom is -0.465 e. The standard InChI is InChI=1S/C14H21N2O2/c1-16(11-14(17)18-2)9-4-3-7-13(16)12-6-5-8-15-10-12/h5-6,8,10,13H,3-4,7,9,11H2,1-2H3/q+1/t13-,16+/m1/s1. The van der Waals surface area contributed by atoms with Crippen molar-refractivity contribution in [2.24, 2.45) is 0 Å². The van der Waals surface area contributed by atoms with Gasteiger partial charge in [-0.2, -0.15) is 0 Å². The van der Waals surface area contributed by atoms with Crippen LogP contribution in [0, 0.1) is 0 Å². The van der Waals surface area contributed by atoms with E-state index in [0.29, 0.717) is 12.6 Å². The number of likely N-dealkylation sites (N-methyl/N-ethyl adjacent to an activating group) is 1. The summed E-state index contributed by atoms with van der Waals surface area (Å²) in [4.78, 5) is 15.8. The van der Waals surface area contributed by atoms with Crippen LogP contribution in [0.1, 0.15) is 30.9 Å². The molecule has 0 saturated carbocycles. The summed E-state index contributed by atoms with van der Waals surface area (Å²) in [6.07, 6.45) is 7.21. The van der Waals surface area contributed by atoms with E-state index < -0.39 is 0 Å². The van der Waals surface area contributed by atoms with E-state index in [2.05, 4.69) is 18.1 Å². The Hall–Kier alpha value is -1.42. The molecule has 1 fully saturated rings. The molecule has 0 amide bonds. The summed E-state index contributed by atoms with van der Waals surface area (Å²) in [6.45, 7) is 1.46. The Morgan fingerprint density at radius 2 is 2.39 bits per heavy atom. The molecule has 2 heterocycles. The van der Waals surface area contributed by atoms with Crippen molar-refractivity contribution in [3.05, 3.63) is 30.1 Å². The van der Waals surface area contributed by atoms with Gasteiger partial charge in [0.25, 0.3) is 0 Å². The number of pyridine rings is 1. The minimum atomic E-state index is -0.131. The molecule has 0 radical (unpaired) electrons. The van der Waals surface area contributed by atoms with Gasteiger partial charge >= 0.3 is 5.97 Å². The summed E-state index contributed by atoms with van der Waals surface area (Å²) in [5.41, 5.74) is 1.23. The average Bonchev–Trinajstić information content (AvgIpc) is 2.39. The Morgan fingerprint density at radius 1 is 1.56 bits per heavy atom. The maximum atomic E-state index is 11.6. The first-order valence-corrected chi connectivity index (χ1v) is 6.47. The molecular weight excluding hydrogens is 228 g/mol. The van der Waals surface area contributed by atoms with Crippen molar-refractivity contribution in [3.8, 4) is 0 Å². The largest absolute Gasteiger partial charge is 0.465 e. The summed E-state index contributed by atoms with van der Waals surface area (Å²) < 4.78 is 5.57. The lowest BCUT2D eigenvalue weighted by Crippen LogP contribution is -2.53. The predicted molar refractivity (Wildman–Crippen MR) is 68.8 cm³/mol. The van der Waals surface area contributed by atoms with Gasteiger partial charge in [-0.05, 0) is 18.9 Å². The van der Waals surface area contributed by atoms with Crippen molar-refractivity contribution >= 4 is 5.97 Å². The van der Waals surface area contributed by atoms with Crippen LogP contribution < -0.4 is 0 Å². The second kappa shape index (κ2) is 5.48. The molecule has 2 rings (SSSR count). The van der Waals surface area contributed by atoms with Gasteiger partial charge in [-0.15, -0.1) is 0 Å². The third-order valence-corrected chi connectivity index (χ3v) is 3.94. The monoisotopic (exact) mass is 249 g/mol. The minimum absolute atomic E-state index is 0.131. The van der Waals surface area contributed by atoms with Crippen LogP contribution in [0.2, 0.25) is 0 Å². The van der Waals surface area contributed by atoms with E-state index in [1.165, 1.54) is 25.5 Å². The Labute approximate surface area is 108 Å². The van der Waals surface area contributed by atoms with Gasteiger partial charge in [-0.3, -0.25) is 4.98 Å². The average molecular weight is 249 g/mol. The molecule has 1 aliphatic rings. The molecule has 98 valence electrons. The molecule has 1 aromatic rings. The summed E-state index contributed by atoms with van der Waals surface area (Å²) >= 11 is 0. The van der Waals surface area contributed by atoms with Gasteiger partial charge in [0.2, 0.25) is 0 Å². The molecule has 0 spiro atoms. The molecule has 1 saturated heterocycles. The molecule has 0 N–H and O–H groups in total. The quantitative estimate of drug-likeness (QED) is 0.607. The highest BCUT2D eigenvalue weighted by Crippen LogP contribution is 2.35. The Bertz CT molecular complexity index is 408. The van der Waals surface area contributed by atoms with E-state index in [9.17, 15) is 4.79 Å². The highest BCUT2D eigenvalue weighted by atomic mass is 16.5. The smallest absolute Gasteiger partial charge is 0.361 e. The number of methoxy groups -OCH3 is 1. The fourth-order valence-electron chi connectivity index (χ4n) is 2.93. The Balaban J connectivity index is 2.22. The van der Waals surface area contributed by atoms with Crippen LogP contribution in [0.4, 0.5) is 0 Å². The molecule has 0 unspecified atom stereocenters. The lowest BCUT2D eigenvalue weighted by atomic mass is 9.94. The van der Waals surface area contributed by atoms with Gasteiger partial charge in [0.15, 0.2) is 6.54 Å². The first-order valence-electron chi connectivity index (χ1n) is 6.47. The number of carbonyl (C=O) groups excluding carboxylic acids is 1. The van der Waals surface area contributed by atoms with E-state index in [-0.39, 0.29) is 5.97 Å². The first-order chi connectivity index (χ1) is 8.65. The lowest BCUT2D eigenvalue weighted by Gasteiger charge is -2.44. The zero-order chi connectivity index (χ0) is 13.0. The van der Waals surface area contributed by atoms with Crippen molar-refractivity contribution in [3.63, 3.8) is 0 Å². The van der Waals surface area contributed by atoms with Gasteiger partial charge in [0.05, 0.1) is 20.7 Å². The number of hydrogen-bond donors (Lipinski definition) is 0. The molecule has 0 bridgehead atoms. The Kier molecular flexibility index (Phi) is 3.97. The van der Waals surface area contributed by atoms with Crippen LogP contribution >= 0.6 is 0 Å². The van der Waals surface area contributed by atoms with Crippen molar-refractivity contribution in [1.29, 1.82) is 0 Å². The fourth-order valence-corrected chi connectivity index (χ4v) is 2.93. The van der Waals surface area contributed by atoms with Gasteiger partial charge in [0.1, 0.15) is 6.04 Å². The molecule has 0 aromatic carbocycles. The van der Waals surface area contributed by atoms with Crippen LogP contribution in [-0.4, -0.2) is 42.7 Å². The molecule has 1 aliphatic heterocycles. The normalized spacial score (nSPS) is 27.8. The van der Waals surface area contributed by atoms with Crippen LogP contribution in [-0.2, 0) is 9.53 Å². The predicted octanol–water partition coefficient (Wildman–Crippen LogP) is 1.93. The van der Waals surface area contributed by atoms with Gasteiger partial charge in [-0.1, -0.05) is 6.07 Å². The molecule has 4 nitrogen and oxygen atoms in total. The number of hydrogen-bond acceptors (Lipinski definition) is 3. The number of likely N-dealkylation sites (tertiary alicyclic amines) is 1. The summed E-state index contributed by atoms with van der Waals surface area (Å²) in [6, 6.07) is 4.43. The molecule has 0 aliphatic carbocycles. The van der Waals surface area contributed by atoms with E-state index in [0.717, 1.165) is 17.4 Å². The summed E-state index contributed by atoms with van der Waals surface area (Å²) in [5.74, 6) is -0.131. The van der Waals surface area contributed by atoms with Crippen molar-refractivity contribution < 1.29 is 14.0 Å². The molecule has 2 atom stereocenters. The van der Waals surface area contributed by atoms with Gasteiger partial charge in [-0.25, -0.2) is 4.79 Å². The molecule has 4 heteroatoms. The summed E-state index contributed by atoms with van der Waals surface area (Å²) in [5, 5.41) is 0. The fraction of sp³-hybridized carbons (Fsp3) is 0.571. The third kappa shape index (κ3) is 2.70. The van der Waals surface area contributed by atoms with Crippen molar-refractivity contribution in [2.45, 2.75) is 25.3 Å². The SMILES string of the molecule is COC(=O)C[N@+]1(C)CCCC[C@@H]1c1cccnc1. The van der Waals surface area contributed by atoms with Crippen LogP contribution in [0.5, 0.6) is 0 Å². The van der Waals surface area contributed by atoms with Crippen LogP contribution in [0.15, 0.2) is 24.5 Å². The second-order valence-corrected chi connectivity index (χ2v) is 5.24. The number of carbonyl (C=O) groups is 1. The van der Waals surface area contributed by atoms with E-state index in [1.54, 1.807) is 6.20 Å². The van der Waals surface area contributed by atoms with Crippen LogP contribution in [0.3, 0.4) is 0 Å². The third-order valence-electron chi connectivity index (χ3n) is 3.94. The van der Waals surface area contributed by atoms with Gasteiger partial charge in [0, 0.05) is 24.4 Å². The first kappa shape index (κ1) is 13.0. The lowest BCUT2D eigenvalue weighted by molar-refractivity contribution is -0.937. The zero-order valence-electron chi connectivity index (χ0n) is 11.1. The topological polar surface area (TPSA) is 39.2 Å². The molecular formula is C14H21N2O2+. The van der Waals surface area contributed by atoms with E-state index in [1.807, 2.05) is 12.3 Å². The van der Waals surface area contributed by atoms with E-state index >= 15 is 0 Å². The maximum absolute atomic E-state index is 11.6. The highest BCUT2D eigenvalue weighted by molar-refractivity contribution is 5.70. The highest BCUT2D eigenvalue weighted by Gasteiger charge is 2.38.